The van der Waals surface area contributed by atoms with Crippen molar-refractivity contribution in [3.05, 3.63) is 29.3 Å². The van der Waals surface area contributed by atoms with Crippen molar-refractivity contribution in [2.75, 3.05) is 13.6 Å². The van der Waals surface area contributed by atoms with Gasteiger partial charge in [-0.15, -0.1) is 0 Å². The van der Waals surface area contributed by atoms with Gasteiger partial charge in [-0.25, -0.2) is 0 Å². The first-order valence-electron chi connectivity index (χ1n) is 4.76. The van der Waals surface area contributed by atoms with Gasteiger partial charge in [0, 0.05) is 7.05 Å². The van der Waals surface area contributed by atoms with Gasteiger partial charge in [-0.3, -0.25) is 4.79 Å². The van der Waals surface area contributed by atoms with Crippen LogP contribution in [0.2, 0.25) is 0 Å². The van der Waals surface area contributed by atoms with E-state index in [2.05, 4.69) is 0 Å². The summed E-state index contributed by atoms with van der Waals surface area (Å²) in [6.45, 7) is 1.93. The Hall–Kier alpha value is -1.62. The molecule has 0 radical (unpaired) electrons. The molecule has 0 spiro atoms. The molecule has 1 amide bonds. The molecule has 3 N–H and O–H groups in total. The number of carbonyl (C=O) groups excluding carboxylic acids is 1. The van der Waals surface area contributed by atoms with Gasteiger partial charge in [0.25, 0.3) is 5.91 Å². The normalized spacial score (nSPS) is 9.88. The Balaban J connectivity index is 2.96. The summed E-state index contributed by atoms with van der Waals surface area (Å²) < 4.78 is 0. The molecule has 0 aromatic heterocycles. The molecular formula is C11H14N2O2S. The molecule has 16 heavy (non-hydrogen) atoms. The second-order valence-corrected chi connectivity index (χ2v) is 4.12. The Labute approximate surface area is 99.7 Å². The van der Waals surface area contributed by atoms with E-state index in [1.54, 1.807) is 32.2 Å². The first-order valence-corrected chi connectivity index (χ1v) is 5.16. The van der Waals surface area contributed by atoms with Gasteiger partial charge in [-0.2, -0.15) is 0 Å². The van der Waals surface area contributed by atoms with E-state index in [-0.39, 0.29) is 28.8 Å². The molecule has 0 saturated carbocycles. The number of phenols is 1. The number of hydrogen-bond donors (Lipinski definition) is 2. The summed E-state index contributed by atoms with van der Waals surface area (Å²) in [7, 11) is 1.59. The molecule has 86 valence electrons. The lowest BCUT2D eigenvalue weighted by atomic mass is 10.1. The summed E-state index contributed by atoms with van der Waals surface area (Å²) in [5, 5.41) is 9.74. The van der Waals surface area contributed by atoms with Crippen LogP contribution >= 0.6 is 12.2 Å². The van der Waals surface area contributed by atoms with Gasteiger partial charge in [0.1, 0.15) is 5.75 Å². The maximum absolute atomic E-state index is 11.9. The standard InChI is InChI=1S/C11H14N2O2S/c1-7-4-3-5-8(10(7)14)11(15)13(2)6-9(12)16/h3-5,14H,6H2,1-2H3,(H2,12,16). The Morgan fingerprint density at radius 2 is 2.19 bits per heavy atom. The molecule has 1 aromatic rings. The number of benzene rings is 1. The minimum Gasteiger partial charge on any atom is -0.507 e. The van der Waals surface area contributed by atoms with Crippen LogP contribution in [0.4, 0.5) is 0 Å². The van der Waals surface area contributed by atoms with Gasteiger partial charge in [-0.1, -0.05) is 24.4 Å². The van der Waals surface area contributed by atoms with Crippen LogP contribution in [-0.2, 0) is 0 Å². The number of nitrogens with zero attached hydrogens (tertiary/aromatic N) is 1. The second-order valence-electron chi connectivity index (χ2n) is 3.60. The van der Waals surface area contributed by atoms with E-state index in [1.165, 1.54) is 4.90 Å². The van der Waals surface area contributed by atoms with Crippen molar-refractivity contribution in [1.82, 2.24) is 4.90 Å². The van der Waals surface area contributed by atoms with E-state index in [1.807, 2.05) is 0 Å². The number of thiocarbonyl (C=S) groups is 1. The first kappa shape index (κ1) is 12.4. The van der Waals surface area contributed by atoms with Crippen LogP contribution in [0, 0.1) is 6.92 Å². The molecule has 0 atom stereocenters. The summed E-state index contributed by atoms with van der Waals surface area (Å²) in [6, 6.07) is 5.03. The van der Waals surface area contributed by atoms with E-state index >= 15 is 0 Å². The lowest BCUT2D eigenvalue weighted by molar-refractivity contribution is 0.0812. The molecule has 0 unspecified atom stereocenters. The highest BCUT2D eigenvalue weighted by Crippen LogP contribution is 2.22. The predicted molar refractivity (Wildman–Crippen MR) is 66.6 cm³/mol. The van der Waals surface area contributed by atoms with Crippen molar-refractivity contribution in [1.29, 1.82) is 0 Å². The third kappa shape index (κ3) is 2.70. The second kappa shape index (κ2) is 4.94. The first-order chi connectivity index (χ1) is 7.43. The highest BCUT2D eigenvalue weighted by molar-refractivity contribution is 7.80. The number of amides is 1. The maximum atomic E-state index is 11.9. The highest BCUT2D eigenvalue weighted by Gasteiger charge is 2.16. The van der Waals surface area contributed by atoms with Gasteiger partial charge in [0.2, 0.25) is 0 Å². The number of nitrogens with two attached hydrogens (primary N) is 1. The van der Waals surface area contributed by atoms with Gasteiger partial charge in [0.05, 0.1) is 17.1 Å². The van der Waals surface area contributed by atoms with Gasteiger partial charge in [0.15, 0.2) is 0 Å². The largest absolute Gasteiger partial charge is 0.507 e. The predicted octanol–water partition coefficient (Wildman–Crippen LogP) is 1.06. The Morgan fingerprint density at radius 3 is 2.75 bits per heavy atom. The van der Waals surface area contributed by atoms with Crippen LogP contribution in [-0.4, -0.2) is 34.5 Å². The number of phenolic OH excluding ortho intramolecular Hbond substituents is 1. The number of aryl methyl sites for hydroxylation is 1. The Bertz CT molecular complexity index is 432. The van der Waals surface area contributed by atoms with E-state index in [9.17, 15) is 9.90 Å². The summed E-state index contributed by atoms with van der Waals surface area (Å²) in [6.07, 6.45) is 0. The molecule has 1 aromatic carbocycles. The van der Waals surface area contributed by atoms with Gasteiger partial charge >= 0.3 is 0 Å². The summed E-state index contributed by atoms with van der Waals surface area (Å²) in [5.41, 5.74) is 6.28. The van der Waals surface area contributed by atoms with Gasteiger partial charge < -0.3 is 15.7 Å². The summed E-state index contributed by atoms with van der Waals surface area (Å²) in [5.74, 6) is -0.295. The van der Waals surface area contributed by atoms with E-state index < -0.39 is 0 Å². The van der Waals surface area contributed by atoms with Crippen LogP contribution < -0.4 is 5.73 Å². The number of likely N-dealkylation sites (N-methyl/N-ethyl adjacent to an activating group) is 1. The highest BCUT2D eigenvalue weighted by atomic mass is 32.1. The zero-order valence-corrected chi connectivity index (χ0v) is 10.0. The molecule has 0 bridgehead atoms. The van der Waals surface area contributed by atoms with Crippen molar-refractivity contribution in [2.24, 2.45) is 5.73 Å². The number of aromatic hydroxyl groups is 1. The minimum atomic E-state index is -0.297. The van der Waals surface area contributed by atoms with Crippen molar-refractivity contribution in [3.8, 4) is 5.75 Å². The van der Waals surface area contributed by atoms with Crippen LogP contribution in [0.15, 0.2) is 18.2 Å². The fourth-order valence-electron chi connectivity index (χ4n) is 1.34. The van der Waals surface area contributed by atoms with Crippen LogP contribution in [0.3, 0.4) is 0 Å². The topological polar surface area (TPSA) is 66.6 Å². The SMILES string of the molecule is Cc1cccc(C(=O)N(C)CC(N)=S)c1O. The van der Waals surface area contributed by atoms with Crippen LogP contribution in [0.25, 0.3) is 0 Å². The van der Waals surface area contributed by atoms with Crippen molar-refractivity contribution in [2.45, 2.75) is 6.92 Å². The quantitative estimate of drug-likeness (QED) is 0.773. The molecule has 0 fully saturated rings. The molecule has 1 rings (SSSR count). The molecule has 0 heterocycles. The van der Waals surface area contributed by atoms with E-state index in [4.69, 9.17) is 18.0 Å². The molecule has 0 aliphatic heterocycles. The lowest BCUT2D eigenvalue weighted by Crippen LogP contribution is -2.34. The zero-order chi connectivity index (χ0) is 12.3. The zero-order valence-electron chi connectivity index (χ0n) is 9.23. The van der Waals surface area contributed by atoms with E-state index in [0.29, 0.717) is 5.56 Å². The molecule has 0 aliphatic carbocycles. The number of hydrogen-bond acceptors (Lipinski definition) is 3. The summed E-state index contributed by atoms with van der Waals surface area (Å²) in [4.78, 5) is 13.5. The van der Waals surface area contributed by atoms with Gasteiger partial charge in [-0.05, 0) is 18.6 Å². The average Bonchev–Trinajstić information content (AvgIpc) is 2.20. The number of carbonyl (C=O) groups is 1. The maximum Gasteiger partial charge on any atom is 0.257 e. The number of rotatable bonds is 3. The number of para-hydroxylation sites is 1. The third-order valence-corrected chi connectivity index (χ3v) is 2.34. The molecule has 5 heteroatoms. The van der Waals surface area contributed by atoms with Crippen LogP contribution in [0.1, 0.15) is 15.9 Å². The summed E-state index contributed by atoms with van der Waals surface area (Å²) >= 11 is 4.72. The Kier molecular flexibility index (Phi) is 3.84. The molecule has 0 aliphatic rings. The molecular weight excluding hydrogens is 224 g/mol. The fourth-order valence-corrected chi connectivity index (χ4v) is 1.54. The molecule has 4 nitrogen and oxygen atoms in total. The Morgan fingerprint density at radius 1 is 1.56 bits per heavy atom. The monoisotopic (exact) mass is 238 g/mol. The van der Waals surface area contributed by atoms with Crippen LogP contribution in [0.5, 0.6) is 5.75 Å². The van der Waals surface area contributed by atoms with E-state index in [0.717, 1.165) is 0 Å². The fraction of sp³-hybridized carbons (Fsp3) is 0.273. The lowest BCUT2D eigenvalue weighted by Gasteiger charge is -2.17. The van der Waals surface area contributed by atoms with Crippen molar-refractivity contribution in [3.63, 3.8) is 0 Å². The minimum absolute atomic E-state index is 0.00212. The van der Waals surface area contributed by atoms with Crippen molar-refractivity contribution >= 4 is 23.1 Å². The smallest absolute Gasteiger partial charge is 0.257 e. The van der Waals surface area contributed by atoms with Crippen molar-refractivity contribution < 1.29 is 9.90 Å². The third-order valence-electron chi connectivity index (χ3n) is 2.21. The molecule has 0 saturated heterocycles. The average molecular weight is 238 g/mol.